The van der Waals surface area contributed by atoms with E-state index < -0.39 is 4.92 Å². The van der Waals surface area contributed by atoms with Crippen molar-refractivity contribution in [1.82, 2.24) is 10.6 Å². The fourth-order valence-corrected chi connectivity index (χ4v) is 2.07. The molecule has 0 unspecified atom stereocenters. The van der Waals surface area contributed by atoms with Crippen molar-refractivity contribution in [2.24, 2.45) is 4.99 Å². The molecule has 2 aromatic carbocycles. The number of hydrogen-bond donors (Lipinski definition) is 2. The maximum atomic E-state index is 13.1. The van der Waals surface area contributed by atoms with Gasteiger partial charge in [0.2, 0.25) is 0 Å². The van der Waals surface area contributed by atoms with Gasteiger partial charge in [-0.05, 0) is 17.7 Å². The predicted octanol–water partition coefficient (Wildman–Crippen LogP) is 2.60. The molecule has 2 rings (SSSR count). The SMILES string of the molecule is CN=C(NCc1cccc(F)c1)NCc1ccccc1[N+](=O)[O-]. The van der Waals surface area contributed by atoms with Crippen molar-refractivity contribution in [2.75, 3.05) is 7.05 Å². The summed E-state index contributed by atoms with van der Waals surface area (Å²) in [6.07, 6.45) is 0. The normalized spacial score (nSPS) is 11.1. The van der Waals surface area contributed by atoms with Crippen molar-refractivity contribution in [3.8, 4) is 0 Å². The Morgan fingerprint density at radius 3 is 2.61 bits per heavy atom. The monoisotopic (exact) mass is 316 g/mol. The summed E-state index contributed by atoms with van der Waals surface area (Å²) in [6, 6.07) is 12.8. The van der Waals surface area contributed by atoms with Gasteiger partial charge < -0.3 is 10.6 Å². The fraction of sp³-hybridized carbons (Fsp3) is 0.188. The minimum atomic E-state index is -0.417. The first-order valence-corrected chi connectivity index (χ1v) is 7.01. The van der Waals surface area contributed by atoms with Crippen molar-refractivity contribution >= 4 is 11.6 Å². The Labute approximate surface area is 133 Å². The summed E-state index contributed by atoms with van der Waals surface area (Å²) in [7, 11) is 1.60. The molecular formula is C16H17FN4O2. The number of nitrogens with one attached hydrogen (secondary N) is 2. The summed E-state index contributed by atoms with van der Waals surface area (Å²) < 4.78 is 13.1. The van der Waals surface area contributed by atoms with E-state index in [1.807, 2.05) is 0 Å². The Morgan fingerprint density at radius 2 is 1.91 bits per heavy atom. The molecule has 0 atom stereocenters. The molecule has 6 nitrogen and oxygen atoms in total. The second-order valence-electron chi connectivity index (χ2n) is 4.80. The van der Waals surface area contributed by atoms with E-state index in [4.69, 9.17) is 0 Å². The summed E-state index contributed by atoms with van der Waals surface area (Å²) in [5.74, 6) is 0.180. The Morgan fingerprint density at radius 1 is 1.17 bits per heavy atom. The number of nitrogens with zero attached hydrogens (tertiary/aromatic N) is 2. The van der Waals surface area contributed by atoms with Crippen molar-refractivity contribution in [2.45, 2.75) is 13.1 Å². The number of hydrogen-bond acceptors (Lipinski definition) is 3. The molecule has 0 aromatic heterocycles. The molecule has 0 fully saturated rings. The van der Waals surface area contributed by atoms with Crippen LogP contribution >= 0.6 is 0 Å². The zero-order chi connectivity index (χ0) is 16.7. The van der Waals surface area contributed by atoms with Crippen LogP contribution in [0.15, 0.2) is 53.5 Å². The summed E-state index contributed by atoms with van der Waals surface area (Å²) in [4.78, 5) is 14.6. The highest BCUT2D eigenvalue weighted by atomic mass is 19.1. The Hall–Kier alpha value is -2.96. The third kappa shape index (κ3) is 4.77. The first-order valence-electron chi connectivity index (χ1n) is 7.01. The van der Waals surface area contributed by atoms with Crippen LogP contribution in [0.1, 0.15) is 11.1 Å². The first-order chi connectivity index (χ1) is 11.1. The molecule has 0 amide bonds. The number of guanidine groups is 1. The van der Waals surface area contributed by atoms with E-state index in [-0.39, 0.29) is 18.0 Å². The Balaban J connectivity index is 1.95. The standard InChI is InChI=1S/C16H17FN4O2/c1-18-16(19-10-12-5-4-7-14(17)9-12)20-11-13-6-2-3-8-15(13)21(22)23/h2-9H,10-11H2,1H3,(H2,18,19,20). The number of benzene rings is 2. The topological polar surface area (TPSA) is 79.6 Å². The largest absolute Gasteiger partial charge is 0.352 e. The van der Waals surface area contributed by atoms with Crippen LogP contribution in [0.5, 0.6) is 0 Å². The van der Waals surface area contributed by atoms with Crippen molar-refractivity contribution in [3.05, 3.63) is 75.6 Å². The summed E-state index contributed by atoms with van der Waals surface area (Å²) in [6.45, 7) is 0.661. The average Bonchev–Trinajstić information content (AvgIpc) is 2.55. The number of nitro benzene ring substituents is 1. The van der Waals surface area contributed by atoms with Crippen LogP contribution in [0.2, 0.25) is 0 Å². The number of halogens is 1. The van der Waals surface area contributed by atoms with E-state index in [1.165, 1.54) is 18.2 Å². The van der Waals surface area contributed by atoms with Crippen LogP contribution in [0.3, 0.4) is 0 Å². The van der Waals surface area contributed by atoms with Crippen LogP contribution in [0, 0.1) is 15.9 Å². The molecule has 0 aliphatic rings. The molecule has 0 saturated heterocycles. The van der Waals surface area contributed by atoms with E-state index in [1.54, 1.807) is 37.4 Å². The summed E-state index contributed by atoms with van der Waals surface area (Å²) in [5.41, 5.74) is 1.39. The molecule has 2 N–H and O–H groups in total. The molecule has 0 spiro atoms. The van der Waals surface area contributed by atoms with E-state index in [0.29, 0.717) is 18.1 Å². The van der Waals surface area contributed by atoms with Crippen LogP contribution in [-0.2, 0) is 13.1 Å². The van der Waals surface area contributed by atoms with E-state index in [2.05, 4.69) is 15.6 Å². The minimum absolute atomic E-state index is 0.0561. The molecule has 0 saturated carbocycles. The van der Waals surface area contributed by atoms with Crippen LogP contribution in [-0.4, -0.2) is 17.9 Å². The van der Waals surface area contributed by atoms with E-state index in [0.717, 1.165) is 5.56 Å². The molecule has 0 heterocycles. The predicted molar refractivity (Wildman–Crippen MR) is 86.5 cm³/mol. The maximum Gasteiger partial charge on any atom is 0.274 e. The van der Waals surface area contributed by atoms with Gasteiger partial charge in [0.15, 0.2) is 5.96 Å². The maximum absolute atomic E-state index is 13.1. The third-order valence-electron chi connectivity index (χ3n) is 3.21. The summed E-state index contributed by atoms with van der Waals surface area (Å²) >= 11 is 0. The number of para-hydroxylation sites is 1. The zero-order valence-corrected chi connectivity index (χ0v) is 12.6. The number of nitro groups is 1. The van der Waals surface area contributed by atoms with Gasteiger partial charge in [0.25, 0.3) is 5.69 Å². The second-order valence-corrected chi connectivity index (χ2v) is 4.80. The molecule has 0 aliphatic carbocycles. The van der Waals surface area contributed by atoms with Crippen molar-refractivity contribution < 1.29 is 9.31 Å². The van der Waals surface area contributed by atoms with Gasteiger partial charge in [0.05, 0.1) is 4.92 Å². The van der Waals surface area contributed by atoms with Gasteiger partial charge in [-0.15, -0.1) is 0 Å². The highest BCUT2D eigenvalue weighted by Gasteiger charge is 2.12. The molecule has 120 valence electrons. The number of rotatable bonds is 5. The highest BCUT2D eigenvalue weighted by Crippen LogP contribution is 2.16. The molecule has 0 aliphatic heterocycles. The minimum Gasteiger partial charge on any atom is -0.352 e. The first kappa shape index (κ1) is 16.4. The molecule has 7 heteroatoms. The molecule has 0 bridgehead atoms. The van der Waals surface area contributed by atoms with Gasteiger partial charge in [-0.3, -0.25) is 15.1 Å². The van der Waals surface area contributed by atoms with Crippen molar-refractivity contribution in [3.63, 3.8) is 0 Å². The van der Waals surface area contributed by atoms with Crippen LogP contribution in [0.4, 0.5) is 10.1 Å². The second kappa shape index (κ2) is 7.88. The lowest BCUT2D eigenvalue weighted by molar-refractivity contribution is -0.385. The van der Waals surface area contributed by atoms with E-state index >= 15 is 0 Å². The molecule has 2 aromatic rings. The third-order valence-corrected chi connectivity index (χ3v) is 3.21. The lowest BCUT2D eigenvalue weighted by Crippen LogP contribution is -2.36. The molecule has 23 heavy (non-hydrogen) atoms. The zero-order valence-electron chi connectivity index (χ0n) is 12.6. The highest BCUT2D eigenvalue weighted by molar-refractivity contribution is 5.79. The van der Waals surface area contributed by atoms with Gasteiger partial charge >= 0.3 is 0 Å². The van der Waals surface area contributed by atoms with Gasteiger partial charge in [0, 0.05) is 31.8 Å². The van der Waals surface area contributed by atoms with Crippen molar-refractivity contribution in [1.29, 1.82) is 0 Å². The quantitative estimate of drug-likeness (QED) is 0.384. The average molecular weight is 316 g/mol. The van der Waals surface area contributed by atoms with Gasteiger partial charge in [-0.1, -0.05) is 30.3 Å². The molecule has 0 radical (unpaired) electrons. The molecular weight excluding hydrogens is 299 g/mol. The fourth-order valence-electron chi connectivity index (χ4n) is 2.07. The van der Waals surface area contributed by atoms with E-state index in [9.17, 15) is 14.5 Å². The Kier molecular flexibility index (Phi) is 5.62. The Bertz CT molecular complexity index is 719. The lowest BCUT2D eigenvalue weighted by atomic mass is 10.2. The van der Waals surface area contributed by atoms with Gasteiger partial charge in [-0.25, -0.2) is 4.39 Å². The van der Waals surface area contributed by atoms with Crippen LogP contribution < -0.4 is 10.6 Å². The lowest BCUT2D eigenvalue weighted by Gasteiger charge is -2.12. The summed E-state index contributed by atoms with van der Waals surface area (Å²) in [5, 5.41) is 17.0. The van der Waals surface area contributed by atoms with Gasteiger partial charge in [-0.2, -0.15) is 0 Å². The number of aliphatic imine (C=N–C) groups is 1. The smallest absolute Gasteiger partial charge is 0.274 e. The van der Waals surface area contributed by atoms with Gasteiger partial charge in [0.1, 0.15) is 5.82 Å². The van der Waals surface area contributed by atoms with Crippen LogP contribution in [0.25, 0.3) is 0 Å².